The van der Waals surface area contributed by atoms with Crippen molar-refractivity contribution in [3.8, 4) is 0 Å². The molecule has 0 atom stereocenters. The van der Waals surface area contributed by atoms with Crippen molar-refractivity contribution in [3.05, 3.63) is 71.3 Å². The Labute approximate surface area is 144 Å². The third kappa shape index (κ3) is 5.48. The van der Waals surface area contributed by atoms with Gasteiger partial charge in [-0.25, -0.2) is 0 Å². The third-order valence-electron chi connectivity index (χ3n) is 4.12. The maximum atomic E-state index is 12.5. The fraction of sp³-hybridized carbons (Fsp3) is 0.350. The molecule has 2 aromatic rings. The van der Waals surface area contributed by atoms with Crippen LogP contribution in [0.2, 0.25) is 0 Å². The van der Waals surface area contributed by atoms with Crippen LogP contribution in [0.5, 0.6) is 0 Å². The highest BCUT2D eigenvalue weighted by Gasteiger charge is 2.15. The topological polar surface area (TPSA) is 43.8 Å². The van der Waals surface area contributed by atoms with Crippen LogP contribution >= 0.6 is 0 Å². The Hall–Kier alpha value is -2.17. The van der Waals surface area contributed by atoms with Crippen molar-refractivity contribution in [3.63, 3.8) is 0 Å². The second-order valence-corrected chi connectivity index (χ2v) is 6.10. The summed E-state index contributed by atoms with van der Waals surface area (Å²) in [4.78, 5) is 16.3. The molecule has 0 spiro atoms. The Morgan fingerprint density at radius 3 is 2.33 bits per heavy atom. The molecule has 0 aromatic heterocycles. The van der Waals surface area contributed by atoms with E-state index in [1.165, 1.54) is 5.56 Å². The normalized spacial score (nSPS) is 10.8. The molecule has 24 heavy (non-hydrogen) atoms. The number of likely N-dealkylation sites (N-methyl/N-ethyl adjacent to an activating group) is 1. The van der Waals surface area contributed by atoms with Gasteiger partial charge in [0, 0.05) is 26.7 Å². The van der Waals surface area contributed by atoms with E-state index in [9.17, 15) is 9.90 Å². The van der Waals surface area contributed by atoms with E-state index in [2.05, 4.69) is 19.1 Å². The first-order valence-electron chi connectivity index (χ1n) is 8.25. The summed E-state index contributed by atoms with van der Waals surface area (Å²) in [6, 6.07) is 18.1. The van der Waals surface area contributed by atoms with Gasteiger partial charge in [0.25, 0.3) is 0 Å². The summed E-state index contributed by atoms with van der Waals surface area (Å²) >= 11 is 0. The molecule has 2 rings (SSSR count). The quantitative estimate of drug-likeness (QED) is 0.810. The van der Waals surface area contributed by atoms with E-state index in [1.807, 2.05) is 54.4 Å². The lowest BCUT2D eigenvalue weighted by Gasteiger charge is -2.25. The van der Waals surface area contributed by atoms with E-state index in [0.29, 0.717) is 26.2 Å². The number of aliphatic hydroxyl groups excluding tert-OH is 1. The van der Waals surface area contributed by atoms with Crippen LogP contribution in [0.25, 0.3) is 0 Å². The molecule has 4 heteroatoms. The van der Waals surface area contributed by atoms with Gasteiger partial charge in [-0.3, -0.25) is 9.69 Å². The summed E-state index contributed by atoms with van der Waals surface area (Å²) in [6.45, 7) is 4.15. The van der Waals surface area contributed by atoms with E-state index in [-0.39, 0.29) is 12.5 Å². The van der Waals surface area contributed by atoms with Crippen LogP contribution in [0, 0.1) is 6.92 Å². The molecular formula is C20H26N2O2. The van der Waals surface area contributed by atoms with Crippen LogP contribution < -0.4 is 0 Å². The van der Waals surface area contributed by atoms with Gasteiger partial charge in [0.05, 0.1) is 13.2 Å². The minimum atomic E-state index is 0.0433. The van der Waals surface area contributed by atoms with Crippen molar-refractivity contribution in [2.75, 3.05) is 26.7 Å². The number of rotatable bonds is 8. The van der Waals surface area contributed by atoms with E-state index in [4.69, 9.17) is 0 Å². The monoisotopic (exact) mass is 326 g/mol. The number of hydrogen-bond donors (Lipinski definition) is 1. The standard InChI is InChI=1S/C20H26N2O2/c1-17-8-6-7-11-19(17)15-21(2)20(24)16-22(12-13-23)14-18-9-4-3-5-10-18/h3-11,23H,12-16H2,1-2H3. The molecule has 2 aromatic carbocycles. The molecule has 0 saturated carbocycles. The van der Waals surface area contributed by atoms with Crippen LogP contribution in [0.1, 0.15) is 16.7 Å². The number of benzene rings is 2. The van der Waals surface area contributed by atoms with Crippen molar-refractivity contribution in [2.24, 2.45) is 0 Å². The fourth-order valence-electron chi connectivity index (χ4n) is 2.64. The van der Waals surface area contributed by atoms with Crippen LogP contribution in [0.15, 0.2) is 54.6 Å². The van der Waals surface area contributed by atoms with Crippen LogP contribution in [0.3, 0.4) is 0 Å². The van der Waals surface area contributed by atoms with Crippen molar-refractivity contribution in [1.82, 2.24) is 9.80 Å². The second kappa shape index (κ2) is 9.21. The van der Waals surface area contributed by atoms with Gasteiger partial charge < -0.3 is 10.0 Å². The summed E-state index contributed by atoms with van der Waals surface area (Å²) < 4.78 is 0. The zero-order chi connectivity index (χ0) is 17.4. The van der Waals surface area contributed by atoms with E-state index < -0.39 is 0 Å². The summed E-state index contributed by atoms with van der Waals surface area (Å²) in [5, 5.41) is 9.27. The minimum Gasteiger partial charge on any atom is -0.395 e. The number of amides is 1. The highest BCUT2D eigenvalue weighted by atomic mass is 16.3. The Bertz CT molecular complexity index is 643. The molecule has 0 aliphatic rings. The summed E-state index contributed by atoms with van der Waals surface area (Å²) in [5.74, 6) is 0.0580. The molecule has 0 saturated heterocycles. The van der Waals surface area contributed by atoms with Gasteiger partial charge in [-0.15, -0.1) is 0 Å². The Balaban J connectivity index is 1.95. The predicted molar refractivity (Wildman–Crippen MR) is 96.5 cm³/mol. The molecule has 0 bridgehead atoms. The molecule has 0 aliphatic heterocycles. The molecule has 0 heterocycles. The molecule has 4 nitrogen and oxygen atoms in total. The van der Waals surface area contributed by atoms with E-state index in [1.54, 1.807) is 4.90 Å². The maximum absolute atomic E-state index is 12.5. The fourth-order valence-corrected chi connectivity index (χ4v) is 2.64. The molecule has 0 unspecified atom stereocenters. The number of nitrogens with zero attached hydrogens (tertiary/aromatic N) is 2. The average molecular weight is 326 g/mol. The van der Waals surface area contributed by atoms with Gasteiger partial charge in [-0.1, -0.05) is 54.6 Å². The summed E-state index contributed by atoms with van der Waals surface area (Å²) in [7, 11) is 1.83. The van der Waals surface area contributed by atoms with Crippen molar-refractivity contribution in [2.45, 2.75) is 20.0 Å². The molecule has 128 valence electrons. The lowest BCUT2D eigenvalue weighted by molar-refractivity contribution is -0.131. The lowest BCUT2D eigenvalue weighted by Crippen LogP contribution is -2.39. The Morgan fingerprint density at radius 1 is 1.00 bits per heavy atom. The van der Waals surface area contributed by atoms with Crippen LogP contribution in [-0.2, 0) is 17.9 Å². The Kier molecular flexibility index (Phi) is 6.97. The SMILES string of the molecule is Cc1ccccc1CN(C)C(=O)CN(CCO)Cc1ccccc1. The van der Waals surface area contributed by atoms with Gasteiger partial charge in [-0.05, 0) is 23.6 Å². The average Bonchev–Trinajstić information content (AvgIpc) is 2.58. The molecule has 0 aliphatic carbocycles. The van der Waals surface area contributed by atoms with Crippen molar-refractivity contribution < 1.29 is 9.90 Å². The van der Waals surface area contributed by atoms with Crippen molar-refractivity contribution in [1.29, 1.82) is 0 Å². The first-order valence-corrected chi connectivity index (χ1v) is 8.25. The molecule has 1 N–H and O–H groups in total. The third-order valence-corrected chi connectivity index (χ3v) is 4.12. The highest BCUT2D eigenvalue weighted by Crippen LogP contribution is 2.10. The summed E-state index contributed by atoms with van der Waals surface area (Å²) in [6.07, 6.45) is 0. The van der Waals surface area contributed by atoms with Gasteiger partial charge >= 0.3 is 0 Å². The second-order valence-electron chi connectivity index (χ2n) is 6.10. The number of aryl methyl sites for hydroxylation is 1. The number of carbonyl (C=O) groups is 1. The minimum absolute atomic E-state index is 0.0433. The highest BCUT2D eigenvalue weighted by molar-refractivity contribution is 5.78. The Morgan fingerprint density at radius 2 is 1.67 bits per heavy atom. The molecule has 1 amide bonds. The number of aliphatic hydroxyl groups is 1. The smallest absolute Gasteiger partial charge is 0.236 e. The van der Waals surface area contributed by atoms with Gasteiger partial charge in [0.2, 0.25) is 5.91 Å². The maximum Gasteiger partial charge on any atom is 0.236 e. The molecule has 0 radical (unpaired) electrons. The first-order chi connectivity index (χ1) is 11.6. The van der Waals surface area contributed by atoms with Crippen LogP contribution in [-0.4, -0.2) is 47.6 Å². The van der Waals surface area contributed by atoms with Crippen LogP contribution in [0.4, 0.5) is 0 Å². The zero-order valence-electron chi connectivity index (χ0n) is 14.5. The zero-order valence-corrected chi connectivity index (χ0v) is 14.5. The van der Waals surface area contributed by atoms with Gasteiger partial charge in [-0.2, -0.15) is 0 Å². The van der Waals surface area contributed by atoms with Gasteiger partial charge in [0.15, 0.2) is 0 Å². The first kappa shape index (κ1) is 18.2. The lowest BCUT2D eigenvalue weighted by atomic mass is 10.1. The van der Waals surface area contributed by atoms with E-state index >= 15 is 0 Å². The largest absolute Gasteiger partial charge is 0.395 e. The number of carbonyl (C=O) groups excluding carboxylic acids is 1. The summed E-state index contributed by atoms with van der Waals surface area (Å²) in [5.41, 5.74) is 3.49. The molecule has 0 fully saturated rings. The van der Waals surface area contributed by atoms with Crippen molar-refractivity contribution >= 4 is 5.91 Å². The number of hydrogen-bond acceptors (Lipinski definition) is 3. The molecular weight excluding hydrogens is 300 g/mol. The van der Waals surface area contributed by atoms with Gasteiger partial charge in [0.1, 0.15) is 0 Å². The predicted octanol–water partition coefficient (Wildman–Crippen LogP) is 2.45. The van der Waals surface area contributed by atoms with E-state index in [0.717, 1.165) is 11.1 Å².